The van der Waals surface area contributed by atoms with Crippen molar-refractivity contribution in [2.45, 2.75) is 13.5 Å². The molecule has 0 fully saturated rings. The van der Waals surface area contributed by atoms with Crippen LogP contribution in [0.5, 0.6) is 0 Å². The minimum Gasteiger partial charge on any atom is -0.380 e. The van der Waals surface area contributed by atoms with Crippen molar-refractivity contribution in [1.82, 2.24) is 4.98 Å². The highest BCUT2D eigenvalue weighted by atomic mass is 127. The molecule has 1 heterocycles. The summed E-state index contributed by atoms with van der Waals surface area (Å²) in [4.78, 5) is 4.52. The standard InChI is InChI=1S/C17H14ClIN2/c1-11-2-4-13-8-12(3-6-16(13)21-11)10-20-17-7-5-14(18)9-15(17)19/h2-9,20H,10H2,1H3. The molecule has 1 N–H and O–H groups in total. The van der Waals surface area contributed by atoms with E-state index < -0.39 is 0 Å². The Bertz CT molecular complexity index is 802. The molecule has 0 aliphatic heterocycles. The van der Waals surface area contributed by atoms with Crippen molar-refractivity contribution in [1.29, 1.82) is 0 Å². The Morgan fingerprint density at radius 1 is 1.10 bits per heavy atom. The van der Waals surface area contributed by atoms with Gasteiger partial charge in [-0.15, -0.1) is 0 Å². The first kappa shape index (κ1) is 14.6. The van der Waals surface area contributed by atoms with Gasteiger partial charge in [-0.05, 0) is 71.5 Å². The van der Waals surface area contributed by atoms with E-state index in [0.29, 0.717) is 0 Å². The summed E-state index contributed by atoms with van der Waals surface area (Å²) in [5, 5.41) is 5.38. The Labute approximate surface area is 142 Å². The van der Waals surface area contributed by atoms with Crippen LogP contribution in [-0.4, -0.2) is 4.98 Å². The third-order valence-electron chi connectivity index (χ3n) is 3.31. The molecule has 0 saturated carbocycles. The molecule has 106 valence electrons. The Morgan fingerprint density at radius 3 is 2.76 bits per heavy atom. The zero-order valence-electron chi connectivity index (χ0n) is 11.5. The zero-order valence-corrected chi connectivity index (χ0v) is 14.4. The third kappa shape index (κ3) is 3.47. The Kier molecular flexibility index (Phi) is 4.31. The number of nitrogens with one attached hydrogen (secondary N) is 1. The molecule has 0 aliphatic carbocycles. The predicted molar refractivity (Wildman–Crippen MR) is 98.0 cm³/mol. The lowest BCUT2D eigenvalue weighted by atomic mass is 10.1. The van der Waals surface area contributed by atoms with Crippen LogP contribution in [0, 0.1) is 10.5 Å². The summed E-state index contributed by atoms with van der Waals surface area (Å²) in [5.41, 5.74) is 4.42. The van der Waals surface area contributed by atoms with Crippen LogP contribution in [0.15, 0.2) is 48.5 Å². The first-order valence-electron chi connectivity index (χ1n) is 6.67. The highest BCUT2D eigenvalue weighted by molar-refractivity contribution is 14.1. The second kappa shape index (κ2) is 6.20. The van der Waals surface area contributed by atoms with Crippen LogP contribution in [0.1, 0.15) is 11.3 Å². The number of halogens is 2. The first-order valence-corrected chi connectivity index (χ1v) is 8.13. The lowest BCUT2D eigenvalue weighted by Crippen LogP contribution is -2.01. The van der Waals surface area contributed by atoms with Gasteiger partial charge >= 0.3 is 0 Å². The summed E-state index contributed by atoms with van der Waals surface area (Å²) in [7, 11) is 0. The maximum atomic E-state index is 5.97. The number of pyridine rings is 1. The number of hydrogen-bond acceptors (Lipinski definition) is 2. The van der Waals surface area contributed by atoms with E-state index in [9.17, 15) is 0 Å². The van der Waals surface area contributed by atoms with Crippen LogP contribution in [0.25, 0.3) is 10.9 Å². The molecule has 3 aromatic rings. The van der Waals surface area contributed by atoms with E-state index in [1.807, 2.05) is 31.2 Å². The van der Waals surface area contributed by atoms with Gasteiger partial charge < -0.3 is 5.32 Å². The van der Waals surface area contributed by atoms with E-state index in [1.54, 1.807) is 0 Å². The van der Waals surface area contributed by atoms with Gasteiger partial charge in [0.2, 0.25) is 0 Å². The fraction of sp³-hybridized carbons (Fsp3) is 0.118. The Balaban J connectivity index is 1.80. The number of fused-ring (bicyclic) bond motifs is 1. The molecule has 21 heavy (non-hydrogen) atoms. The van der Waals surface area contributed by atoms with Crippen molar-refractivity contribution in [3.05, 3.63) is 68.4 Å². The molecular formula is C17H14ClIN2. The summed E-state index contributed by atoms with van der Waals surface area (Å²) < 4.78 is 1.12. The molecule has 0 bridgehead atoms. The second-order valence-corrected chi connectivity index (χ2v) is 6.56. The van der Waals surface area contributed by atoms with Crippen molar-refractivity contribution in [2.24, 2.45) is 0 Å². The molecule has 4 heteroatoms. The maximum absolute atomic E-state index is 5.97. The number of anilines is 1. The predicted octanol–water partition coefficient (Wildman–Crippen LogP) is 5.41. The molecule has 0 atom stereocenters. The van der Waals surface area contributed by atoms with Crippen molar-refractivity contribution >= 4 is 50.8 Å². The molecule has 0 amide bonds. The fourth-order valence-electron chi connectivity index (χ4n) is 2.22. The number of aromatic nitrogens is 1. The normalized spacial score (nSPS) is 10.8. The molecule has 0 saturated heterocycles. The van der Waals surface area contributed by atoms with Gasteiger partial charge in [0, 0.05) is 31.9 Å². The summed E-state index contributed by atoms with van der Waals surface area (Å²) >= 11 is 8.26. The van der Waals surface area contributed by atoms with Crippen LogP contribution in [0.4, 0.5) is 5.69 Å². The monoisotopic (exact) mass is 408 g/mol. The highest BCUT2D eigenvalue weighted by Gasteiger charge is 2.02. The summed E-state index contributed by atoms with van der Waals surface area (Å²) in [6.45, 7) is 2.79. The van der Waals surface area contributed by atoms with Gasteiger partial charge in [-0.1, -0.05) is 23.7 Å². The topological polar surface area (TPSA) is 24.9 Å². The second-order valence-electron chi connectivity index (χ2n) is 4.96. The summed E-state index contributed by atoms with van der Waals surface area (Å²) in [6, 6.07) is 16.4. The van der Waals surface area contributed by atoms with E-state index >= 15 is 0 Å². The minimum absolute atomic E-state index is 0.761. The quantitative estimate of drug-likeness (QED) is 0.586. The molecule has 0 spiro atoms. The average molecular weight is 409 g/mol. The van der Waals surface area contributed by atoms with E-state index in [4.69, 9.17) is 11.6 Å². The van der Waals surface area contributed by atoms with Gasteiger partial charge in [-0.2, -0.15) is 0 Å². The number of aryl methyl sites for hydroxylation is 1. The third-order valence-corrected chi connectivity index (χ3v) is 4.43. The highest BCUT2D eigenvalue weighted by Crippen LogP contribution is 2.23. The molecule has 3 rings (SSSR count). The SMILES string of the molecule is Cc1ccc2cc(CNc3ccc(Cl)cc3I)ccc2n1. The van der Waals surface area contributed by atoms with Crippen LogP contribution < -0.4 is 5.32 Å². The average Bonchev–Trinajstić information content (AvgIpc) is 2.46. The van der Waals surface area contributed by atoms with Crippen LogP contribution in [0.3, 0.4) is 0 Å². The van der Waals surface area contributed by atoms with Gasteiger partial charge in [0.05, 0.1) is 5.52 Å². The van der Waals surface area contributed by atoms with Crippen molar-refractivity contribution in [3.8, 4) is 0 Å². The molecule has 0 unspecified atom stereocenters. The molecule has 1 aromatic heterocycles. The number of nitrogens with zero attached hydrogens (tertiary/aromatic N) is 1. The Hall–Kier alpha value is -1.33. The van der Waals surface area contributed by atoms with Gasteiger partial charge in [-0.25, -0.2) is 0 Å². The first-order chi connectivity index (χ1) is 10.1. The molecule has 0 aliphatic rings. The minimum atomic E-state index is 0.761. The van der Waals surface area contributed by atoms with Crippen molar-refractivity contribution < 1.29 is 0 Å². The largest absolute Gasteiger partial charge is 0.380 e. The molecule has 2 nitrogen and oxygen atoms in total. The number of hydrogen-bond donors (Lipinski definition) is 1. The van der Waals surface area contributed by atoms with E-state index in [-0.39, 0.29) is 0 Å². The van der Waals surface area contributed by atoms with Crippen molar-refractivity contribution in [2.75, 3.05) is 5.32 Å². The van der Waals surface area contributed by atoms with Gasteiger partial charge in [0.25, 0.3) is 0 Å². The number of rotatable bonds is 3. The maximum Gasteiger partial charge on any atom is 0.0705 e. The zero-order chi connectivity index (χ0) is 14.8. The lowest BCUT2D eigenvalue weighted by molar-refractivity contribution is 1.15. The van der Waals surface area contributed by atoms with Crippen LogP contribution in [0.2, 0.25) is 5.02 Å². The van der Waals surface area contributed by atoms with Gasteiger partial charge in [0.15, 0.2) is 0 Å². The van der Waals surface area contributed by atoms with E-state index in [1.165, 1.54) is 10.9 Å². The van der Waals surface area contributed by atoms with Crippen molar-refractivity contribution in [3.63, 3.8) is 0 Å². The van der Waals surface area contributed by atoms with E-state index in [0.717, 1.165) is 32.0 Å². The molecular weight excluding hydrogens is 395 g/mol. The Morgan fingerprint density at radius 2 is 1.95 bits per heavy atom. The lowest BCUT2D eigenvalue weighted by Gasteiger charge is -2.10. The van der Waals surface area contributed by atoms with E-state index in [2.05, 4.69) is 57.2 Å². The van der Waals surface area contributed by atoms with Crippen LogP contribution in [-0.2, 0) is 6.54 Å². The molecule has 0 radical (unpaired) electrons. The van der Waals surface area contributed by atoms with Crippen LogP contribution >= 0.6 is 34.2 Å². The smallest absolute Gasteiger partial charge is 0.0705 e. The molecule has 2 aromatic carbocycles. The number of benzene rings is 2. The van der Waals surface area contributed by atoms with Gasteiger partial charge in [0.1, 0.15) is 0 Å². The summed E-state index contributed by atoms with van der Waals surface area (Å²) in [5.74, 6) is 0. The summed E-state index contributed by atoms with van der Waals surface area (Å²) in [6.07, 6.45) is 0. The fourth-order valence-corrected chi connectivity index (χ4v) is 3.28. The van der Waals surface area contributed by atoms with Gasteiger partial charge in [-0.3, -0.25) is 4.98 Å².